The fraction of sp³-hybridized carbons (Fsp3) is 0.682. The van der Waals surface area contributed by atoms with E-state index in [1.54, 1.807) is 11.0 Å². The molecule has 1 aliphatic rings. The second-order valence-electron chi connectivity index (χ2n) is 8.15. The number of carbonyl (C=O) groups excluding carboxylic acids is 1. The summed E-state index contributed by atoms with van der Waals surface area (Å²) in [7, 11) is 0. The van der Waals surface area contributed by atoms with E-state index < -0.39 is 5.60 Å². The Bertz CT molecular complexity index is 626. The molecular formula is C22H36N2O6. The Morgan fingerprint density at radius 1 is 1.00 bits per heavy atom. The Morgan fingerprint density at radius 2 is 1.60 bits per heavy atom. The number of rotatable bonds is 11. The molecule has 170 valence electrons. The molecule has 30 heavy (non-hydrogen) atoms. The Hall–Kier alpha value is -2.03. The van der Waals surface area contributed by atoms with Crippen LogP contribution < -0.4 is 10.5 Å². The van der Waals surface area contributed by atoms with Crippen LogP contribution in [0.1, 0.15) is 33.6 Å². The van der Waals surface area contributed by atoms with Crippen molar-refractivity contribution in [2.75, 3.05) is 58.5 Å². The molecule has 0 radical (unpaired) electrons. The van der Waals surface area contributed by atoms with Crippen LogP contribution >= 0.6 is 0 Å². The van der Waals surface area contributed by atoms with Gasteiger partial charge in [-0.1, -0.05) is 12.1 Å². The third-order valence-electron chi connectivity index (χ3n) is 4.45. The molecule has 1 fully saturated rings. The third-order valence-corrected chi connectivity index (χ3v) is 4.45. The maximum atomic E-state index is 12.1. The predicted octanol–water partition coefficient (Wildman–Crippen LogP) is 3.10. The number of likely N-dealkylation sites (tertiary alicyclic amines) is 1. The number of hydrogen-bond acceptors (Lipinski definition) is 7. The van der Waals surface area contributed by atoms with E-state index in [2.05, 4.69) is 0 Å². The normalized spacial score (nSPS) is 15.2. The highest BCUT2D eigenvalue weighted by atomic mass is 16.6. The van der Waals surface area contributed by atoms with E-state index in [-0.39, 0.29) is 12.2 Å². The van der Waals surface area contributed by atoms with Gasteiger partial charge in [-0.3, -0.25) is 0 Å². The minimum absolute atomic E-state index is 0.158. The smallest absolute Gasteiger partial charge is 0.410 e. The number of amides is 1. The average molecular weight is 425 g/mol. The van der Waals surface area contributed by atoms with Crippen molar-refractivity contribution in [3.8, 4) is 5.75 Å². The number of carbonyl (C=O) groups is 1. The minimum atomic E-state index is -0.464. The summed E-state index contributed by atoms with van der Waals surface area (Å²) in [6.45, 7) is 9.93. The Balaban J connectivity index is 1.41. The quantitative estimate of drug-likeness (QED) is 0.431. The number of nitrogen functional groups attached to an aromatic ring is 1. The summed E-state index contributed by atoms with van der Waals surface area (Å²) in [6.07, 6.45) is 1.54. The maximum absolute atomic E-state index is 12.1. The van der Waals surface area contributed by atoms with Crippen LogP contribution in [0.25, 0.3) is 0 Å². The second-order valence-corrected chi connectivity index (χ2v) is 8.15. The van der Waals surface area contributed by atoms with Crippen molar-refractivity contribution >= 4 is 11.8 Å². The summed E-state index contributed by atoms with van der Waals surface area (Å²) in [6, 6.07) is 7.38. The predicted molar refractivity (Wildman–Crippen MR) is 115 cm³/mol. The lowest BCUT2D eigenvalue weighted by Gasteiger charge is -2.33. The van der Waals surface area contributed by atoms with Gasteiger partial charge >= 0.3 is 6.09 Å². The van der Waals surface area contributed by atoms with Crippen LogP contribution in [0, 0.1) is 0 Å². The van der Waals surface area contributed by atoms with Crippen molar-refractivity contribution in [3.63, 3.8) is 0 Å². The molecule has 0 bridgehead atoms. The topological polar surface area (TPSA) is 92.5 Å². The summed E-state index contributed by atoms with van der Waals surface area (Å²) >= 11 is 0. The van der Waals surface area contributed by atoms with Crippen molar-refractivity contribution in [3.05, 3.63) is 24.3 Å². The third kappa shape index (κ3) is 9.65. The molecule has 8 nitrogen and oxygen atoms in total. The Kier molecular flexibility index (Phi) is 10.2. The first-order chi connectivity index (χ1) is 14.3. The van der Waals surface area contributed by atoms with Crippen LogP contribution in [-0.2, 0) is 18.9 Å². The molecule has 2 N–H and O–H groups in total. The first-order valence-electron chi connectivity index (χ1n) is 10.6. The molecule has 1 amide bonds. The summed E-state index contributed by atoms with van der Waals surface area (Å²) in [5, 5.41) is 0. The number of nitrogens with two attached hydrogens (primary N) is 1. The number of nitrogens with zero attached hydrogens (tertiary/aromatic N) is 1. The molecule has 0 saturated carbocycles. The summed E-state index contributed by atoms with van der Waals surface area (Å²) in [4.78, 5) is 13.8. The molecule has 1 aromatic carbocycles. The van der Waals surface area contributed by atoms with Crippen LogP contribution in [0.15, 0.2) is 24.3 Å². The molecule has 0 spiro atoms. The van der Waals surface area contributed by atoms with Gasteiger partial charge < -0.3 is 34.3 Å². The summed E-state index contributed by atoms with van der Waals surface area (Å²) < 4.78 is 27.8. The number of benzene rings is 1. The van der Waals surface area contributed by atoms with Crippen LogP contribution in [-0.4, -0.2) is 75.4 Å². The van der Waals surface area contributed by atoms with E-state index in [1.165, 1.54) is 0 Å². The summed E-state index contributed by atoms with van der Waals surface area (Å²) in [5.41, 5.74) is 5.96. The van der Waals surface area contributed by atoms with Crippen LogP contribution in [0.4, 0.5) is 10.5 Å². The minimum Gasteiger partial charge on any atom is -0.489 e. The fourth-order valence-corrected chi connectivity index (χ4v) is 2.95. The monoisotopic (exact) mass is 424 g/mol. The van der Waals surface area contributed by atoms with Gasteiger partial charge in [-0.2, -0.15) is 0 Å². The van der Waals surface area contributed by atoms with Gasteiger partial charge in [0.25, 0.3) is 0 Å². The van der Waals surface area contributed by atoms with Gasteiger partial charge in [0.15, 0.2) is 0 Å². The number of piperidine rings is 1. The highest BCUT2D eigenvalue weighted by Crippen LogP contribution is 2.19. The van der Waals surface area contributed by atoms with Gasteiger partial charge in [-0.05, 0) is 45.7 Å². The molecule has 8 heteroatoms. The van der Waals surface area contributed by atoms with Crippen molar-refractivity contribution in [2.24, 2.45) is 0 Å². The fourth-order valence-electron chi connectivity index (χ4n) is 2.95. The lowest BCUT2D eigenvalue weighted by Crippen LogP contribution is -2.43. The molecule has 1 heterocycles. The largest absolute Gasteiger partial charge is 0.489 e. The molecule has 1 saturated heterocycles. The highest BCUT2D eigenvalue weighted by Gasteiger charge is 2.27. The maximum Gasteiger partial charge on any atom is 0.410 e. The number of hydrogen-bond donors (Lipinski definition) is 1. The molecule has 1 aromatic rings. The van der Waals surface area contributed by atoms with E-state index in [9.17, 15) is 4.79 Å². The van der Waals surface area contributed by atoms with E-state index in [0.717, 1.165) is 12.8 Å². The van der Waals surface area contributed by atoms with Crippen LogP contribution in [0.2, 0.25) is 0 Å². The molecule has 2 rings (SSSR count). The van der Waals surface area contributed by atoms with Gasteiger partial charge in [0.2, 0.25) is 0 Å². The molecule has 0 aromatic heterocycles. The average Bonchev–Trinajstić information content (AvgIpc) is 2.70. The Morgan fingerprint density at radius 3 is 2.23 bits per heavy atom. The van der Waals surface area contributed by atoms with E-state index in [4.69, 9.17) is 29.4 Å². The lowest BCUT2D eigenvalue weighted by molar-refractivity contribution is -0.0364. The number of ether oxygens (including phenoxy) is 5. The van der Waals surface area contributed by atoms with Gasteiger partial charge in [0.1, 0.15) is 18.0 Å². The van der Waals surface area contributed by atoms with Gasteiger partial charge in [0, 0.05) is 13.1 Å². The molecule has 0 unspecified atom stereocenters. The van der Waals surface area contributed by atoms with E-state index >= 15 is 0 Å². The number of para-hydroxylation sites is 2. The SMILES string of the molecule is CC(C)(C)OC(=O)N1CCC(OCCOCCOCCOc2ccccc2N)CC1. The van der Waals surface area contributed by atoms with E-state index in [0.29, 0.717) is 64.2 Å². The molecular weight excluding hydrogens is 388 g/mol. The van der Waals surface area contributed by atoms with Crippen LogP contribution in [0.5, 0.6) is 5.75 Å². The van der Waals surface area contributed by atoms with E-state index in [1.807, 2.05) is 39.0 Å². The highest BCUT2D eigenvalue weighted by molar-refractivity contribution is 5.68. The zero-order valence-electron chi connectivity index (χ0n) is 18.4. The Labute approximate surface area is 179 Å². The van der Waals surface area contributed by atoms with Gasteiger partial charge in [-0.25, -0.2) is 4.79 Å². The van der Waals surface area contributed by atoms with Gasteiger partial charge in [-0.15, -0.1) is 0 Å². The van der Waals surface area contributed by atoms with Crippen molar-refractivity contribution < 1.29 is 28.5 Å². The zero-order valence-corrected chi connectivity index (χ0v) is 18.4. The molecule has 0 atom stereocenters. The second kappa shape index (κ2) is 12.6. The molecule has 1 aliphatic heterocycles. The zero-order chi connectivity index (χ0) is 21.8. The number of anilines is 1. The molecule has 0 aliphatic carbocycles. The van der Waals surface area contributed by atoms with Crippen molar-refractivity contribution in [1.82, 2.24) is 4.90 Å². The van der Waals surface area contributed by atoms with Crippen LogP contribution in [0.3, 0.4) is 0 Å². The first kappa shape index (κ1) is 24.2. The standard InChI is InChI=1S/C22H36N2O6/c1-22(2,3)30-21(25)24-10-8-18(9-11-24)28-16-14-26-12-13-27-15-17-29-20-7-5-4-6-19(20)23/h4-7,18H,8-17,23H2,1-3H3. The van der Waals surface area contributed by atoms with Gasteiger partial charge in [0.05, 0.1) is 44.8 Å². The summed E-state index contributed by atoms with van der Waals surface area (Å²) in [5.74, 6) is 0.673. The first-order valence-corrected chi connectivity index (χ1v) is 10.6. The van der Waals surface area contributed by atoms with Crippen molar-refractivity contribution in [1.29, 1.82) is 0 Å². The van der Waals surface area contributed by atoms with Crippen molar-refractivity contribution in [2.45, 2.75) is 45.3 Å². The lowest BCUT2D eigenvalue weighted by atomic mass is 10.1.